The molecule has 3 aromatic rings. The largest absolute Gasteiger partial charge is 0.456 e. The molecular formula is C17H18N3O3+. The molecule has 0 atom stereocenters. The van der Waals surface area contributed by atoms with Gasteiger partial charge in [0.15, 0.2) is 13.1 Å². The van der Waals surface area contributed by atoms with Crippen LogP contribution in [0.25, 0.3) is 21.9 Å². The molecule has 0 saturated heterocycles. The Hall–Kier alpha value is -2.86. The van der Waals surface area contributed by atoms with Crippen LogP contribution in [0.3, 0.4) is 0 Å². The van der Waals surface area contributed by atoms with E-state index in [-0.39, 0.29) is 24.9 Å². The molecular weight excluding hydrogens is 294 g/mol. The minimum atomic E-state index is -0.152. The number of nitrogens with two attached hydrogens (primary N) is 1. The third-order valence-electron chi connectivity index (χ3n) is 3.60. The lowest BCUT2D eigenvalue weighted by Gasteiger charge is -2.04. The number of furan rings is 1. The lowest BCUT2D eigenvalue weighted by atomic mass is 10.1. The fraction of sp³-hybridized carbons (Fsp3) is 0.176. The Morgan fingerprint density at radius 2 is 1.74 bits per heavy atom. The zero-order valence-corrected chi connectivity index (χ0v) is 12.8. The average Bonchev–Trinajstić information content (AvgIpc) is 2.92. The van der Waals surface area contributed by atoms with E-state index in [1.165, 1.54) is 0 Å². The molecule has 0 spiro atoms. The van der Waals surface area contributed by atoms with Crippen molar-refractivity contribution in [2.75, 3.05) is 25.5 Å². The highest BCUT2D eigenvalue weighted by Gasteiger charge is 2.10. The maximum atomic E-state index is 11.9. The number of fused-ring (bicyclic) bond motifs is 3. The summed E-state index contributed by atoms with van der Waals surface area (Å²) in [4.78, 5) is 23.0. The summed E-state index contributed by atoms with van der Waals surface area (Å²) in [6.07, 6.45) is 0. The SMILES string of the molecule is CNC(=O)C[NH2+]CC(=O)Nc1ccc2oc3ccccc3c2c1. The smallest absolute Gasteiger partial charge is 0.279 e. The van der Waals surface area contributed by atoms with E-state index >= 15 is 0 Å². The van der Waals surface area contributed by atoms with Crippen molar-refractivity contribution in [2.24, 2.45) is 0 Å². The Labute approximate surface area is 132 Å². The molecule has 0 aliphatic rings. The second kappa shape index (κ2) is 6.50. The van der Waals surface area contributed by atoms with Crippen LogP contribution >= 0.6 is 0 Å². The summed E-state index contributed by atoms with van der Waals surface area (Å²) < 4.78 is 5.75. The number of hydrogen-bond donors (Lipinski definition) is 3. The first-order chi connectivity index (χ1) is 11.2. The summed E-state index contributed by atoms with van der Waals surface area (Å²) in [5.41, 5.74) is 2.32. The normalized spacial score (nSPS) is 10.8. The van der Waals surface area contributed by atoms with Gasteiger partial charge in [0.05, 0.1) is 0 Å². The Balaban J connectivity index is 1.72. The summed E-state index contributed by atoms with van der Waals surface area (Å²) >= 11 is 0. The number of benzene rings is 2. The summed E-state index contributed by atoms with van der Waals surface area (Å²) in [6.45, 7) is 0.424. The summed E-state index contributed by atoms with van der Waals surface area (Å²) in [7, 11) is 1.57. The molecule has 0 radical (unpaired) electrons. The molecule has 0 fully saturated rings. The van der Waals surface area contributed by atoms with Gasteiger partial charge in [0, 0.05) is 23.5 Å². The molecule has 6 heteroatoms. The number of hydrogen-bond acceptors (Lipinski definition) is 3. The monoisotopic (exact) mass is 312 g/mol. The quantitative estimate of drug-likeness (QED) is 0.652. The van der Waals surface area contributed by atoms with Gasteiger partial charge in [-0.1, -0.05) is 18.2 Å². The second-order valence-corrected chi connectivity index (χ2v) is 5.23. The number of carbonyl (C=O) groups is 2. The van der Waals surface area contributed by atoms with Gasteiger partial charge in [-0.25, -0.2) is 0 Å². The van der Waals surface area contributed by atoms with Crippen molar-refractivity contribution in [3.05, 3.63) is 42.5 Å². The molecule has 23 heavy (non-hydrogen) atoms. The van der Waals surface area contributed by atoms with Gasteiger partial charge < -0.3 is 20.4 Å². The van der Waals surface area contributed by atoms with E-state index < -0.39 is 0 Å². The van der Waals surface area contributed by atoms with Crippen LogP contribution in [-0.4, -0.2) is 32.0 Å². The van der Waals surface area contributed by atoms with Gasteiger partial charge in [-0.2, -0.15) is 0 Å². The van der Waals surface area contributed by atoms with Crippen molar-refractivity contribution < 1.29 is 19.3 Å². The van der Waals surface area contributed by atoms with Crippen LogP contribution in [0.2, 0.25) is 0 Å². The zero-order valence-electron chi connectivity index (χ0n) is 12.8. The number of para-hydroxylation sites is 1. The van der Waals surface area contributed by atoms with Crippen molar-refractivity contribution in [3.8, 4) is 0 Å². The van der Waals surface area contributed by atoms with Gasteiger partial charge in [0.25, 0.3) is 11.8 Å². The summed E-state index contributed by atoms with van der Waals surface area (Å²) in [5, 5.41) is 8.98. The highest BCUT2D eigenvalue weighted by Crippen LogP contribution is 2.30. The van der Waals surface area contributed by atoms with Gasteiger partial charge in [0.2, 0.25) is 0 Å². The van der Waals surface area contributed by atoms with E-state index in [2.05, 4.69) is 10.6 Å². The standard InChI is InChI=1S/C17H17N3O3/c1-18-16(21)9-19-10-17(22)20-11-6-7-15-13(8-11)12-4-2-3-5-14(12)23-15/h2-8,19H,9-10H2,1H3,(H,18,21)(H,20,22)/p+1. The Bertz CT molecular complexity index is 870. The lowest BCUT2D eigenvalue weighted by molar-refractivity contribution is -0.632. The Morgan fingerprint density at radius 3 is 2.57 bits per heavy atom. The zero-order chi connectivity index (χ0) is 16.2. The summed E-state index contributed by atoms with van der Waals surface area (Å²) in [6, 6.07) is 13.3. The fourth-order valence-electron chi connectivity index (χ4n) is 2.45. The van der Waals surface area contributed by atoms with Crippen molar-refractivity contribution >= 4 is 39.4 Å². The minimum Gasteiger partial charge on any atom is -0.456 e. The third-order valence-corrected chi connectivity index (χ3v) is 3.60. The van der Waals surface area contributed by atoms with E-state index in [1.54, 1.807) is 18.4 Å². The predicted molar refractivity (Wildman–Crippen MR) is 88.1 cm³/mol. The molecule has 0 aliphatic carbocycles. The van der Waals surface area contributed by atoms with Gasteiger partial charge in [-0.15, -0.1) is 0 Å². The minimum absolute atomic E-state index is 0.107. The Morgan fingerprint density at radius 1 is 1.00 bits per heavy atom. The van der Waals surface area contributed by atoms with E-state index in [1.807, 2.05) is 36.4 Å². The number of carbonyl (C=O) groups excluding carboxylic acids is 2. The molecule has 2 amide bonds. The van der Waals surface area contributed by atoms with Crippen LogP contribution in [0.15, 0.2) is 46.9 Å². The molecule has 2 aromatic carbocycles. The maximum Gasteiger partial charge on any atom is 0.279 e. The van der Waals surface area contributed by atoms with E-state index in [0.717, 1.165) is 21.9 Å². The molecule has 118 valence electrons. The third kappa shape index (κ3) is 3.32. The van der Waals surface area contributed by atoms with Crippen molar-refractivity contribution in [2.45, 2.75) is 0 Å². The number of likely N-dealkylation sites (N-methyl/N-ethyl adjacent to an activating group) is 1. The van der Waals surface area contributed by atoms with Gasteiger partial charge >= 0.3 is 0 Å². The van der Waals surface area contributed by atoms with Crippen LogP contribution in [-0.2, 0) is 9.59 Å². The van der Waals surface area contributed by atoms with E-state index in [9.17, 15) is 9.59 Å². The lowest BCUT2D eigenvalue weighted by Crippen LogP contribution is -2.88. The molecule has 0 aliphatic heterocycles. The van der Waals surface area contributed by atoms with Crippen molar-refractivity contribution in [3.63, 3.8) is 0 Å². The molecule has 6 nitrogen and oxygen atoms in total. The highest BCUT2D eigenvalue weighted by atomic mass is 16.3. The average molecular weight is 312 g/mol. The molecule has 0 saturated carbocycles. The molecule has 4 N–H and O–H groups in total. The maximum absolute atomic E-state index is 11.9. The van der Waals surface area contributed by atoms with Gasteiger partial charge in [-0.3, -0.25) is 9.59 Å². The molecule has 0 bridgehead atoms. The van der Waals surface area contributed by atoms with Gasteiger partial charge in [0.1, 0.15) is 11.2 Å². The van der Waals surface area contributed by atoms with Crippen LogP contribution < -0.4 is 16.0 Å². The first-order valence-electron chi connectivity index (χ1n) is 7.41. The second-order valence-electron chi connectivity index (χ2n) is 5.23. The van der Waals surface area contributed by atoms with Crippen molar-refractivity contribution in [1.82, 2.24) is 5.32 Å². The van der Waals surface area contributed by atoms with Crippen LogP contribution in [0.4, 0.5) is 5.69 Å². The van der Waals surface area contributed by atoms with Crippen molar-refractivity contribution in [1.29, 1.82) is 0 Å². The van der Waals surface area contributed by atoms with Crippen LogP contribution in [0, 0.1) is 0 Å². The van der Waals surface area contributed by atoms with E-state index in [0.29, 0.717) is 5.69 Å². The van der Waals surface area contributed by atoms with Gasteiger partial charge in [-0.05, 0) is 24.3 Å². The van der Waals surface area contributed by atoms with E-state index in [4.69, 9.17) is 4.42 Å². The number of quaternary nitrogens is 1. The number of anilines is 1. The van der Waals surface area contributed by atoms with Crippen LogP contribution in [0.5, 0.6) is 0 Å². The molecule has 3 rings (SSSR count). The molecule has 0 unspecified atom stereocenters. The predicted octanol–water partition coefficient (Wildman–Crippen LogP) is 0.834. The van der Waals surface area contributed by atoms with Crippen LogP contribution in [0.1, 0.15) is 0 Å². The molecule has 1 aromatic heterocycles. The Kier molecular flexibility index (Phi) is 4.25. The number of amides is 2. The first kappa shape index (κ1) is 15.1. The number of nitrogens with one attached hydrogen (secondary N) is 2. The molecule has 1 heterocycles. The highest BCUT2D eigenvalue weighted by molar-refractivity contribution is 6.06. The summed E-state index contributed by atoms with van der Waals surface area (Å²) in [5.74, 6) is -0.259. The number of rotatable bonds is 5. The topological polar surface area (TPSA) is 88.0 Å². The first-order valence-corrected chi connectivity index (χ1v) is 7.41. The fourth-order valence-corrected chi connectivity index (χ4v) is 2.45.